The Balaban J connectivity index is 0.000000301. The molecule has 0 saturated carbocycles. The Morgan fingerprint density at radius 3 is 1.16 bits per heavy atom. The average molecular weight is 1430 g/mol. The number of anilines is 2. The Kier molecular flexibility index (Phi) is 39.0. The van der Waals surface area contributed by atoms with Crippen molar-refractivity contribution in [3.63, 3.8) is 0 Å². The van der Waals surface area contributed by atoms with E-state index in [1.807, 2.05) is 19.2 Å². The first-order valence-corrected chi connectivity index (χ1v) is 38.7. The number of aromatic nitrogens is 3. The highest BCUT2D eigenvalue weighted by Gasteiger charge is 2.22. The molecule has 2 unspecified atom stereocenters. The van der Waals surface area contributed by atoms with Gasteiger partial charge in [-0.3, -0.25) is 24.0 Å². The molecule has 11 N–H and O–H groups in total. The van der Waals surface area contributed by atoms with E-state index in [0.717, 1.165) is 61.5 Å². The van der Waals surface area contributed by atoms with Gasteiger partial charge in [-0.25, -0.2) is 15.0 Å². The largest absolute Gasteiger partial charge is 0.507 e. The van der Waals surface area contributed by atoms with Gasteiger partial charge in [0.2, 0.25) is 29.5 Å². The Labute approximate surface area is 584 Å². The Hall–Kier alpha value is -5.90. The zero-order valence-electron chi connectivity index (χ0n) is 55.7. The highest BCUT2D eigenvalue weighted by Crippen LogP contribution is 2.45. The summed E-state index contributed by atoms with van der Waals surface area (Å²) in [6.07, 6.45) is 26.3. The summed E-state index contributed by atoms with van der Waals surface area (Å²) in [5, 5.41) is 80.8. The summed E-state index contributed by atoms with van der Waals surface area (Å²) in [6.45, 7) is 10.4. The molecule has 0 fully saturated rings. The lowest BCUT2D eigenvalue weighted by atomic mass is 9.98. The van der Waals surface area contributed by atoms with E-state index in [1.165, 1.54) is 183 Å². The van der Waals surface area contributed by atoms with Crippen LogP contribution in [0.1, 0.15) is 193 Å². The van der Waals surface area contributed by atoms with Crippen LogP contribution in [-0.4, -0.2) is 102 Å². The molecule has 94 heavy (non-hydrogen) atoms. The van der Waals surface area contributed by atoms with E-state index in [9.17, 15) is 54.6 Å². The van der Waals surface area contributed by atoms with Gasteiger partial charge in [-0.2, -0.15) is 0 Å². The van der Waals surface area contributed by atoms with Crippen molar-refractivity contribution >= 4 is 122 Å². The predicted octanol–water partition coefficient (Wildman–Crippen LogP) is 16.9. The van der Waals surface area contributed by atoms with Gasteiger partial charge >= 0.3 is 0 Å². The van der Waals surface area contributed by atoms with Gasteiger partial charge in [0, 0.05) is 61.3 Å². The third kappa shape index (κ3) is 30.4. The van der Waals surface area contributed by atoms with Crippen molar-refractivity contribution in [2.45, 2.75) is 228 Å². The number of phenolic OH excluding ortho intramolecular Hbond substituents is 6. The summed E-state index contributed by atoms with van der Waals surface area (Å²) in [5.41, 5.74) is 2.36. The van der Waals surface area contributed by atoms with Gasteiger partial charge in [-0.05, 0) is 55.7 Å². The lowest BCUT2D eigenvalue weighted by molar-refractivity contribution is -0.121. The number of benzene rings is 3. The molecule has 6 rings (SSSR count). The Morgan fingerprint density at radius 2 is 0.766 bits per heavy atom. The molecule has 0 aliphatic heterocycles. The van der Waals surface area contributed by atoms with Gasteiger partial charge in [0.1, 0.15) is 34.5 Å². The van der Waals surface area contributed by atoms with E-state index in [4.69, 9.17) is 0 Å². The number of phenols is 6. The van der Waals surface area contributed by atoms with E-state index in [1.54, 1.807) is 55.8 Å². The van der Waals surface area contributed by atoms with Gasteiger partial charge in [0.25, 0.3) is 0 Å². The van der Waals surface area contributed by atoms with E-state index in [0.29, 0.717) is 45.3 Å². The first kappa shape index (κ1) is 80.5. The van der Waals surface area contributed by atoms with Crippen LogP contribution in [0.5, 0.6) is 34.5 Å². The SMILES string of the molecule is CCCCC(CC)C(=O)Nc1cc(O)c(Sc2nc(CC(=O)NC)cs2)cc1O.CCCCCCCCCC(C)C(=O)Nc1cc(O)c(Sc2nc(CC(=O)NC)cs2)cc1O.CCCCCCCCCCCCSc1cc(O)c(Sc2nc(CC(=O)NC)cs2)cc1O. The quantitative estimate of drug-likeness (QED) is 0.00737. The van der Waals surface area contributed by atoms with E-state index in [2.05, 4.69) is 62.3 Å². The van der Waals surface area contributed by atoms with Crippen LogP contribution < -0.4 is 26.6 Å². The second-order valence-corrected chi connectivity index (χ2v) is 30.3. The molecule has 3 aromatic heterocycles. The van der Waals surface area contributed by atoms with Crippen molar-refractivity contribution in [3.05, 3.63) is 69.6 Å². The number of thiazole rings is 3. The second kappa shape index (κ2) is 45.5. The number of nitrogens with one attached hydrogen (secondary N) is 5. The summed E-state index contributed by atoms with van der Waals surface area (Å²) >= 11 is 9.39. The van der Waals surface area contributed by atoms with Crippen molar-refractivity contribution < 1.29 is 54.6 Å². The van der Waals surface area contributed by atoms with E-state index in [-0.39, 0.29) is 107 Å². The monoisotopic (exact) mass is 1430 g/mol. The molecule has 0 spiro atoms. The number of hydrogen-bond donors (Lipinski definition) is 11. The van der Waals surface area contributed by atoms with E-state index >= 15 is 0 Å². The van der Waals surface area contributed by atoms with Crippen molar-refractivity contribution in [2.75, 3.05) is 37.5 Å². The molecule has 6 aromatic rings. The molecule has 0 radical (unpaired) electrons. The fraction of sp³-hybridized carbons (Fsp3) is 0.529. The summed E-state index contributed by atoms with van der Waals surface area (Å²) in [6, 6.07) is 8.76. The first-order valence-electron chi connectivity index (χ1n) is 32.7. The van der Waals surface area contributed by atoms with Gasteiger partial charge < -0.3 is 57.2 Å². The average Bonchev–Trinajstić information content (AvgIpc) is 1.71. The maximum atomic E-state index is 12.5. The van der Waals surface area contributed by atoms with Crippen LogP contribution in [-0.2, 0) is 43.2 Å². The molecule has 0 bridgehead atoms. The molecule has 0 aliphatic carbocycles. The molecule has 2 atom stereocenters. The molecule has 3 heterocycles. The third-order valence-electron chi connectivity index (χ3n) is 15.0. The highest BCUT2D eigenvalue weighted by atomic mass is 32.2. The summed E-state index contributed by atoms with van der Waals surface area (Å²) in [7, 11) is 4.74. The van der Waals surface area contributed by atoms with Crippen molar-refractivity contribution in [2.24, 2.45) is 11.8 Å². The van der Waals surface area contributed by atoms with Crippen LogP contribution in [0.2, 0.25) is 0 Å². The fourth-order valence-corrected chi connectivity index (χ4v) is 15.7. The van der Waals surface area contributed by atoms with Crippen LogP contribution in [0.3, 0.4) is 0 Å². The molecule has 0 aliphatic rings. The number of likely N-dealkylation sites (N-methyl/N-ethyl adjacent to an activating group) is 3. The van der Waals surface area contributed by atoms with Crippen LogP contribution in [0.25, 0.3) is 0 Å². The maximum absolute atomic E-state index is 12.5. The van der Waals surface area contributed by atoms with Crippen LogP contribution >= 0.6 is 81.1 Å². The van der Waals surface area contributed by atoms with Crippen molar-refractivity contribution in [3.8, 4) is 34.5 Å². The zero-order chi connectivity index (χ0) is 68.8. The first-order chi connectivity index (χ1) is 45.2. The minimum absolute atomic E-state index is 0.0594. The summed E-state index contributed by atoms with van der Waals surface area (Å²) < 4.78 is 2.01. The topological polar surface area (TPSA) is 306 Å². The lowest BCUT2D eigenvalue weighted by Gasteiger charge is -2.16. The van der Waals surface area contributed by atoms with Gasteiger partial charge in [0.05, 0.1) is 67.3 Å². The number of carbonyl (C=O) groups is 5. The highest BCUT2D eigenvalue weighted by molar-refractivity contribution is 8.01. The third-order valence-corrected chi connectivity index (χ3v) is 22.2. The standard InChI is InChI=1S/C24H35N3O4S2.C24H36N2O3S3.C20H27N3O4S2/c1-4-5-6-7-8-9-10-11-16(2)23(31)27-18-13-20(29)21(14-19(18)28)33-24-26-17(15-32-24)12-22(30)25-3;1-3-4-5-6-7-8-9-10-11-12-13-30-21-15-20(28)22(16-19(21)27)32-24-26-18(17-31-24)14-23(29)25-2;1-4-6-7-12(5-2)19(27)23-14-9-16(25)17(10-15(14)24)29-20-22-13(11-28-20)8-18(26)21-3/h13-16,28-29H,4-12H2,1-3H3,(H,25,30)(H,27,31);15-17,27-28H,3-14H2,1-2H3,(H,25,29);9-12,24-25H,4-8H2,1-3H3,(H,21,26)(H,23,27). The molecule has 0 saturated heterocycles. The molecule has 26 heteroatoms. The molecule has 5 amide bonds. The van der Waals surface area contributed by atoms with E-state index < -0.39 is 0 Å². The van der Waals surface area contributed by atoms with Gasteiger partial charge in [0.15, 0.2) is 13.0 Å². The van der Waals surface area contributed by atoms with Crippen molar-refractivity contribution in [1.29, 1.82) is 0 Å². The van der Waals surface area contributed by atoms with Crippen molar-refractivity contribution in [1.82, 2.24) is 30.9 Å². The minimum atomic E-state index is -0.176. The minimum Gasteiger partial charge on any atom is -0.507 e. The Morgan fingerprint density at radius 1 is 0.426 bits per heavy atom. The maximum Gasteiger partial charge on any atom is 0.227 e. The number of carbonyl (C=O) groups excluding carboxylic acids is 5. The number of nitrogens with zero attached hydrogens (tertiary/aromatic N) is 3. The number of rotatable bonds is 40. The van der Waals surface area contributed by atoms with Gasteiger partial charge in [-0.15, -0.1) is 45.8 Å². The number of thioether (sulfide) groups is 1. The van der Waals surface area contributed by atoms with Crippen LogP contribution in [0.15, 0.2) is 85.1 Å². The Bertz CT molecular complexity index is 3270. The van der Waals surface area contributed by atoms with Crippen LogP contribution in [0.4, 0.5) is 11.4 Å². The summed E-state index contributed by atoms with van der Waals surface area (Å²) in [4.78, 5) is 74.6. The number of hydrogen-bond acceptors (Lipinski definition) is 21. The molecule has 518 valence electrons. The predicted molar refractivity (Wildman–Crippen MR) is 386 cm³/mol. The molecular weight excluding hydrogens is 1330 g/mol. The second-order valence-electron chi connectivity index (χ2n) is 22.7. The molecule has 19 nitrogen and oxygen atoms in total. The fourth-order valence-electron chi connectivity index (χ4n) is 9.28. The lowest BCUT2D eigenvalue weighted by Crippen LogP contribution is -2.22. The smallest absolute Gasteiger partial charge is 0.227 e. The molecular formula is C68H98N8O11S7. The van der Waals surface area contributed by atoms with Crippen LogP contribution in [0, 0.1) is 11.8 Å². The number of amides is 5. The number of unbranched alkanes of at least 4 members (excludes halogenated alkanes) is 16. The number of aromatic hydroxyl groups is 6. The summed E-state index contributed by atoms with van der Waals surface area (Å²) in [5.74, 6) is -0.0681. The molecule has 3 aromatic carbocycles. The van der Waals surface area contributed by atoms with Gasteiger partial charge in [-0.1, -0.05) is 185 Å². The zero-order valence-corrected chi connectivity index (χ0v) is 61.4. The normalized spacial score (nSPS) is 11.6.